The van der Waals surface area contributed by atoms with Gasteiger partial charge in [-0.1, -0.05) is 25.7 Å². The predicted molar refractivity (Wildman–Crippen MR) is 146 cm³/mol. The number of nitrogens with one attached hydrogen (secondary N) is 1. The Kier molecular flexibility index (Phi) is 10.3. The van der Waals surface area contributed by atoms with Gasteiger partial charge in [0, 0.05) is 32.1 Å². The van der Waals surface area contributed by atoms with Gasteiger partial charge in [0.15, 0.2) is 5.60 Å². The van der Waals surface area contributed by atoms with Crippen LogP contribution in [0.25, 0.3) is 11.0 Å². The first-order chi connectivity index (χ1) is 16.7. The molecule has 0 fully saturated rings. The van der Waals surface area contributed by atoms with Gasteiger partial charge in [-0.2, -0.15) is 13.2 Å². The molecule has 0 spiro atoms. The summed E-state index contributed by atoms with van der Waals surface area (Å²) in [4.78, 5) is 4.76. The van der Waals surface area contributed by atoms with Gasteiger partial charge >= 0.3 is 6.18 Å². The number of benzene rings is 1. The second-order valence-corrected chi connectivity index (χ2v) is 19.8. The molecule has 3 atom stereocenters. The molecule has 0 aliphatic heterocycles. The van der Waals surface area contributed by atoms with Crippen molar-refractivity contribution in [2.75, 3.05) is 13.2 Å². The Morgan fingerprint density at radius 1 is 1.16 bits per heavy atom. The van der Waals surface area contributed by atoms with E-state index in [9.17, 15) is 17.7 Å². The van der Waals surface area contributed by atoms with Crippen LogP contribution in [0, 0.1) is 0 Å². The maximum atomic E-state index is 13.6. The zero-order valence-corrected chi connectivity index (χ0v) is 25.3. The molecule has 1 aromatic carbocycles. The fourth-order valence-corrected chi connectivity index (χ4v) is 4.77. The third-order valence-electron chi connectivity index (χ3n) is 5.96. The summed E-state index contributed by atoms with van der Waals surface area (Å²) < 4.78 is 69.2. The molecule has 1 heterocycles. The molecule has 12 heteroatoms. The summed E-state index contributed by atoms with van der Waals surface area (Å²) in [5, 5.41) is 0. The quantitative estimate of drug-likeness (QED) is 0.192. The lowest BCUT2D eigenvalue weighted by Gasteiger charge is -2.32. The van der Waals surface area contributed by atoms with Gasteiger partial charge in [-0.3, -0.25) is 0 Å². The molecular weight excluding hydrogens is 521 g/mol. The molecule has 7 nitrogen and oxygen atoms in total. The molecule has 0 saturated heterocycles. The maximum absolute atomic E-state index is 13.6. The van der Waals surface area contributed by atoms with E-state index in [2.05, 4.69) is 24.4 Å². The van der Waals surface area contributed by atoms with Gasteiger partial charge in [0.25, 0.3) is 0 Å². The van der Waals surface area contributed by atoms with E-state index >= 15 is 0 Å². The van der Waals surface area contributed by atoms with Crippen LogP contribution >= 0.6 is 0 Å². The normalized spacial score (nSPS) is 16.3. The number of nitrogens with two attached hydrogens (primary N) is 1. The van der Waals surface area contributed by atoms with Crippen LogP contribution in [0.3, 0.4) is 0 Å². The minimum atomic E-state index is -4.58. The van der Waals surface area contributed by atoms with Crippen molar-refractivity contribution in [2.45, 2.75) is 103 Å². The van der Waals surface area contributed by atoms with Crippen LogP contribution in [0.4, 0.5) is 13.2 Å². The number of hydrogen-bond acceptors (Lipinski definition) is 6. The van der Waals surface area contributed by atoms with Crippen LogP contribution in [-0.2, 0) is 27.6 Å². The van der Waals surface area contributed by atoms with Crippen LogP contribution in [0.5, 0.6) is 0 Å². The Bertz CT molecular complexity index is 1030. The molecule has 0 aliphatic rings. The van der Waals surface area contributed by atoms with E-state index in [0.29, 0.717) is 17.9 Å². The third kappa shape index (κ3) is 8.94. The average Bonchev–Trinajstić information content (AvgIpc) is 3.09. The summed E-state index contributed by atoms with van der Waals surface area (Å²) in [5.74, 6) is 0.389. The van der Waals surface area contributed by atoms with Gasteiger partial charge in [-0.15, -0.1) is 4.72 Å². The molecule has 3 N–H and O–H groups in total. The highest BCUT2D eigenvalue weighted by atomic mass is 32.2. The molecule has 0 aliphatic carbocycles. The van der Waals surface area contributed by atoms with Gasteiger partial charge in [0.1, 0.15) is 23.3 Å². The number of ether oxygens (including phenoxy) is 2. The fourth-order valence-electron chi connectivity index (χ4n) is 3.23. The van der Waals surface area contributed by atoms with Crippen LogP contribution in [-0.4, -0.2) is 51.9 Å². The second-order valence-electron chi connectivity index (χ2n) is 12.2. The highest BCUT2D eigenvalue weighted by Crippen LogP contribution is 2.34. The van der Waals surface area contributed by atoms with E-state index in [1.807, 2.05) is 29.7 Å². The van der Waals surface area contributed by atoms with E-state index in [0.717, 1.165) is 31.0 Å². The first kappa shape index (κ1) is 32.1. The molecule has 0 bridgehead atoms. The SMILES string of the molecule is C[C@@H](N)c1ccc2c(c1)nc([C@H](COC(C)(C)C(F)(F)F)N[S@+]([O-])C(C)(C)C)n2COCC[Si](C)(C)C. The lowest BCUT2D eigenvalue weighted by molar-refractivity contribution is -0.265. The van der Waals surface area contributed by atoms with Crippen molar-refractivity contribution in [2.24, 2.45) is 5.73 Å². The highest BCUT2D eigenvalue weighted by molar-refractivity contribution is 7.90. The van der Waals surface area contributed by atoms with Crippen LogP contribution < -0.4 is 10.5 Å². The molecule has 1 aromatic heterocycles. The fraction of sp³-hybridized carbons (Fsp3) is 0.720. The van der Waals surface area contributed by atoms with Crippen LogP contribution in [0.2, 0.25) is 25.7 Å². The number of imidazole rings is 1. The summed E-state index contributed by atoms with van der Waals surface area (Å²) in [6.45, 7) is 16.2. The molecule has 2 aromatic rings. The minimum absolute atomic E-state index is 0.150. The topological polar surface area (TPSA) is 97.4 Å². The third-order valence-corrected chi connectivity index (χ3v) is 9.27. The van der Waals surface area contributed by atoms with Crippen molar-refractivity contribution in [3.63, 3.8) is 0 Å². The van der Waals surface area contributed by atoms with Gasteiger partial charge in [-0.25, -0.2) is 4.98 Å². The Hall–Kier alpha value is -1.15. The van der Waals surface area contributed by atoms with Gasteiger partial charge in [-0.05, 0) is 65.3 Å². The van der Waals surface area contributed by atoms with Crippen molar-refractivity contribution in [3.05, 3.63) is 29.6 Å². The van der Waals surface area contributed by atoms with E-state index in [1.54, 1.807) is 20.8 Å². The Balaban J connectivity index is 2.53. The number of hydrogen-bond donors (Lipinski definition) is 2. The summed E-state index contributed by atoms with van der Waals surface area (Å²) >= 11 is -1.60. The first-order valence-electron chi connectivity index (χ1n) is 12.4. The summed E-state index contributed by atoms with van der Waals surface area (Å²) in [5.41, 5.74) is 5.91. The molecule has 2 rings (SSSR count). The van der Waals surface area contributed by atoms with Gasteiger partial charge in [0.05, 0.1) is 17.6 Å². The summed E-state index contributed by atoms with van der Waals surface area (Å²) in [6.07, 6.45) is -4.58. The van der Waals surface area contributed by atoms with Crippen molar-refractivity contribution >= 4 is 30.5 Å². The van der Waals surface area contributed by atoms with Crippen molar-refractivity contribution < 1.29 is 27.2 Å². The lowest BCUT2D eigenvalue weighted by atomic mass is 10.1. The number of halogens is 3. The zero-order valence-electron chi connectivity index (χ0n) is 23.5. The van der Waals surface area contributed by atoms with Crippen molar-refractivity contribution in [1.29, 1.82) is 0 Å². The standard InChI is InChI=1S/C25H43F3N4O3SSi/c1-17(29)18-10-11-21-19(14-18)30-22(32(21)16-34-12-13-37(7,8)9)20(31-36(33)23(2,3)4)15-35-24(5,6)25(26,27)28/h10-11,14,17,20,31H,12-13,15-16,29H2,1-9H3/t17-,20+,36-/m1/s1. The molecular formula is C25H43F3N4O3SSi. The molecule has 0 radical (unpaired) electrons. The smallest absolute Gasteiger partial charge is 0.416 e. The number of alkyl halides is 3. The van der Waals surface area contributed by atoms with Gasteiger partial charge in [0.2, 0.25) is 0 Å². The number of nitrogens with zero attached hydrogens (tertiary/aromatic N) is 2. The number of rotatable bonds is 12. The summed E-state index contributed by atoms with van der Waals surface area (Å²) in [6, 6.07) is 5.49. The average molecular weight is 565 g/mol. The molecule has 212 valence electrons. The van der Waals surface area contributed by atoms with E-state index in [4.69, 9.17) is 20.2 Å². The number of aromatic nitrogens is 2. The maximum Gasteiger partial charge on any atom is 0.416 e. The zero-order chi connectivity index (χ0) is 28.4. The highest BCUT2D eigenvalue weighted by Gasteiger charge is 2.49. The summed E-state index contributed by atoms with van der Waals surface area (Å²) in [7, 11) is -1.33. The van der Waals surface area contributed by atoms with E-state index < -0.39 is 48.6 Å². The predicted octanol–water partition coefficient (Wildman–Crippen LogP) is 5.82. The Morgan fingerprint density at radius 2 is 1.78 bits per heavy atom. The molecule has 0 unspecified atom stereocenters. The monoisotopic (exact) mass is 564 g/mol. The lowest BCUT2D eigenvalue weighted by Crippen LogP contribution is -2.47. The van der Waals surface area contributed by atoms with Crippen LogP contribution in [0.15, 0.2) is 18.2 Å². The molecule has 0 saturated carbocycles. The first-order valence-corrected chi connectivity index (χ1v) is 17.3. The second kappa shape index (κ2) is 11.9. The number of fused-ring (bicyclic) bond motifs is 1. The molecule has 0 amide bonds. The Morgan fingerprint density at radius 3 is 2.30 bits per heavy atom. The Labute approximate surface area is 223 Å². The van der Waals surface area contributed by atoms with Crippen LogP contribution in [0.1, 0.15) is 65.0 Å². The molecule has 37 heavy (non-hydrogen) atoms. The van der Waals surface area contributed by atoms with Crippen molar-refractivity contribution in [3.8, 4) is 0 Å². The van der Waals surface area contributed by atoms with E-state index in [-0.39, 0.29) is 12.8 Å². The minimum Gasteiger partial charge on any atom is -0.598 e. The van der Waals surface area contributed by atoms with Gasteiger partial charge < -0.3 is 24.3 Å². The largest absolute Gasteiger partial charge is 0.598 e. The van der Waals surface area contributed by atoms with E-state index in [1.165, 1.54) is 0 Å². The van der Waals surface area contributed by atoms with Crippen molar-refractivity contribution in [1.82, 2.24) is 14.3 Å².